The van der Waals surface area contributed by atoms with E-state index in [0.717, 1.165) is 5.56 Å². The van der Waals surface area contributed by atoms with Gasteiger partial charge in [0.05, 0.1) is 25.3 Å². The Hall–Kier alpha value is -4.06. The summed E-state index contributed by atoms with van der Waals surface area (Å²) in [6, 6.07) is 17.0. The van der Waals surface area contributed by atoms with Crippen molar-refractivity contribution in [3.63, 3.8) is 0 Å². The van der Waals surface area contributed by atoms with Crippen molar-refractivity contribution in [1.82, 2.24) is 0 Å². The number of carbonyl (C=O) groups is 2. The van der Waals surface area contributed by atoms with Crippen LogP contribution in [0.4, 0.5) is 0 Å². The lowest BCUT2D eigenvalue weighted by Crippen LogP contribution is -2.08. The number of benzene rings is 3. The minimum absolute atomic E-state index is 0.142. The Morgan fingerprint density at radius 2 is 1.65 bits per heavy atom. The lowest BCUT2D eigenvalue weighted by molar-refractivity contribution is 0.0734. The van der Waals surface area contributed by atoms with Gasteiger partial charge in [0.2, 0.25) is 5.78 Å². The molecule has 1 aliphatic rings. The maximum absolute atomic E-state index is 12.8. The molecule has 0 amide bonds. The van der Waals surface area contributed by atoms with Crippen LogP contribution < -0.4 is 18.9 Å². The molecule has 156 valence electrons. The minimum Gasteiger partial charge on any atom is -0.497 e. The number of fused-ring (bicyclic) bond motifs is 1. The second-order valence-electron chi connectivity index (χ2n) is 6.96. The van der Waals surface area contributed by atoms with Gasteiger partial charge in [-0.1, -0.05) is 17.7 Å². The maximum Gasteiger partial charge on any atom is 0.343 e. The first-order chi connectivity index (χ1) is 15.0. The van der Waals surface area contributed by atoms with Gasteiger partial charge in [-0.15, -0.1) is 0 Å². The lowest BCUT2D eigenvalue weighted by Gasteiger charge is -2.08. The van der Waals surface area contributed by atoms with Gasteiger partial charge in [0, 0.05) is 11.6 Å². The maximum atomic E-state index is 12.8. The van der Waals surface area contributed by atoms with Gasteiger partial charge in [-0.25, -0.2) is 4.79 Å². The molecule has 6 heteroatoms. The predicted octanol–water partition coefficient (Wildman–Crippen LogP) is 4.85. The van der Waals surface area contributed by atoms with Crippen LogP contribution in [0.15, 0.2) is 66.4 Å². The number of methoxy groups -OCH3 is 2. The molecule has 0 aromatic heterocycles. The Bertz CT molecular complexity index is 1190. The molecule has 0 spiro atoms. The van der Waals surface area contributed by atoms with E-state index in [1.54, 1.807) is 62.8 Å². The Morgan fingerprint density at radius 3 is 2.35 bits per heavy atom. The molecule has 0 aliphatic carbocycles. The second kappa shape index (κ2) is 8.36. The van der Waals surface area contributed by atoms with Crippen molar-refractivity contribution < 1.29 is 28.5 Å². The third-order valence-corrected chi connectivity index (χ3v) is 4.86. The Balaban J connectivity index is 1.58. The van der Waals surface area contributed by atoms with Crippen molar-refractivity contribution in [3.8, 4) is 23.0 Å². The zero-order valence-corrected chi connectivity index (χ0v) is 17.3. The van der Waals surface area contributed by atoms with E-state index in [1.165, 1.54) is 6.07 Å². The van der Waals surface area contributed by atoms with Gasteiger partial charge >= 0.3 is 5.97 Å². The lowest BCUT2D eigenvalue weighted by atomic mass is 10.1. The van der Waals surface area contributed by atoms with E-state index in [2.05, 4.69) is 0 Å². The summed E-state index contributed by atoms with van der Waals surface area (Å²) in [4.78, 5) is 25.1. The second-order valence-corrected chi connectivity index (χ2v) is 6.96. The van der Waals surface area contributed by atoms with Crippen molar-refractivity contribution in [1.29, 1.82) is 0 Å². The van der Waals surface area contributed by atoms with Crippen LogP contribution in [0.3, 0.4) is 0 Å². The van der Waals surface area contributed by atoms with Crippen molar-refractivity contribution in [3.05, 3.63) is 88.7 Å². The molecular formula is C25H20O6. The van der Waals surface area contributed by atoms with Gasteiger partial charge in [0.1, 0.15) is 23.0 Å². The molecule has 0 saturated heterocycles. The first kappa shape index (κ1) is 20.2. The van der Waals surface area contributed by atoms with Crippen molar-refractivity contribution in [2.24, 2.45) is 0 Å². The van der Waals surface area contributed by atoms with Gasteiger partial charge in [-0.3, -0.25) is 4.79 Å². The number of carbonyl (C=O) groups excluding carboxylic acids is 2. The highest BCUT2D eigenvalue weighted by molar-refractivity contribution is 6.14. The highest BCUT2D eigenvalue weighted by Gasteiger charge is 2.28. The van der Waals surface area contributed by atoms with E-state index in [1.807, 2.05) is 19.1 Å². The van der Waals surface area contributed by atoms with Crippen LogP contribution >= 0.6 is 0 Å². The summed E-state index contributed by atoms with van der Waals surface area (Å²) in [7, 11) is 3.11. The zero-order valence-electron chi connectivity index (χ0n) is 17.3. The molecule has 0 N–H and O–H groups in total. The van der Waals surface area contributed by atoms with Crippen LogP contribution in [0.25, 0.3) is 6.08 Å². The topological polar surface area (TPSA) is 71.1 Å². The fourth-order valence-electron chi connectivity index (χ4n) is 3.18. The molecule has 3 aromatic rings. The van der Waals surface area contributed by atoms with Crippen molar-refractivity contribution in [2.75, 3.05) is 14.2 Å². The molecule has 0 radical (unpaired) electrons. The monoisotopic (exact) mass is 416 g/mol. The number of ether oxygens (including phenoxy) is 4. The summed E-state index contributed by atoms with van der Waals surface area (Å²) >= 11 is 0. The SMILES string of the molecule is COc1ccc(OC)c(C=C2Oc3cc(OC(=O)c4ccc(C)cc4)ccc3C2=O)c1. The first-order valence-corrected chi connectivity index (χ1v) is 9.57. The number of rotatable bonds is 5. The number of hydrogen-bond acceptors (Lipinski definition) is 6. The van der Waals surface area contributed by atoms with Crippen LogP contribution in [0, 0.1) is 6.92 Å². The molecule has 3 aromatic carbocycles. The Morgan fingerprint density at radius 1 is 0.903 bits per heavy atom. The molecular weight excluding hydrogens is 396 g/mol. The van der Waals surface area contributed by atoms with Gasteiger partial charge in [0.25, 0.3) is 0 Å². The van der Waals surface area contributed by atoms with Crippen molar-refractivity contribution >= 4 is 17.8 Å². The van der Waals surface area contributed by atoms with Gasteiger partial charge in [0.15, 0.2) is 5.76 Å². The molecule has 1 heterocycles. The van der Waals surface area contributed by atoms with E-state index < -0.39 is 5.97 Å². The fraction of sp³-hybridized carbons (Fsp3) is 0.120. The number of esters is 1. The highest BCUT2D eigenvalue weighted by Crippen LogP contribution is 2.36. The van der Waals surface area contributed by atoms with Crippen molar-refractivity contribution in [2.45, 2.75) is 6.92 Å². The Kier molecular flexibility index (Phi) is 5.45. The molecule has 0 unspecified atom stereocenters. The minimum atomic E-state index is -0.485. The van der Waals surface area contributed by atoms with E-state index in [0.29, 0.717) is 33.9 Å². The average molecular weight is 416 g/mol. The van der Waals surface area contributed by atoms with E-state index in [9.17, 15) is 9.59 Å². The smallest absolute Gasteiger partial charge is 0.343 e. The van der Waals surface area contributed by atoms with Crippen LogP contribution in [-0.2, 0) is 0 Å². The zero-order chi connectivity index (χ0) is 22.0. The molecule has 31 heavy (non-hydrogen) atoms. The van der Waals surface area contributed by atoms with Crippen LogP contribution in [0.1, 0.15) is 31.8 Å². The Labute approximate surface area is 179 Å². The number of allylic oxidation sites excluding steroid dienone is 1. The number of Topliss-reactive ketones (excluding diaryl/α,β-unsaturated/α-hetero) is 1. The summed E-state index contributed by atoms with van der Waals surface area (Å²) in [6.45, 7) is 1.94. The van der Waals surface area contributed by atoms with E-state index >= 15 is 0 Å². The molecule has 1 aliphatic heterocycles. The highest BCUT2D eigenvalue weighted by atomic mass is 16.5. The predicted molar refractivity (Wildman–Crippen MR) is 115 cm³/mol. The normalized spacial score (nSPS) is 13.5. The summed E-state index contributed by atoms with van der Waals surface area (Å²) in [5.74, 6) is 1.21. The molecule has 0 fully saturated rings. The van der Waals surface area contributed by atoms with Gasteiger partial charge in [-0.05, 0) is 55.5 Å². The molecule has 0 saturated carbocycles. The number of hydrogen-bond donors (Lipinski definition) is 0. The summed E-state index contributed by atoms with van der Waals surface area (Å²) in [6.07, 6.45) is 1.60. The summed E-state index contributed by atoms with van der Waals surface area (Å²) in [5, 5.41) is 0. The fourth-order valence-corrected chi connectivity index (χ4v) is 3.18. The van der Waals surface area contributed by atoms with E-state index in [4.69, 9.17) is 18.9 Å². The van der Waals surface area contributed by atoms with Crippen LogP contribution in [0.2, 0.25) is 0 Å². The van der Waals surface area contributed by atoms with Crippen LogP contribution in [-0.4, -0.2) is 26.0 Å². The molecule has 0 bridgehead atoms. The standard InChI is InChI=1S/C25H20O6/c1-15-4-6-16(7-5-15)25(27)30-19-8-10-20-22(14-19)31-23(24(20)26)13-17-12-18(28-2)9-11-21(17)29-3/h4-14H,1-3H3. The summed E-state index contributed by atoms with van der Waals surface area (Å²) < 4.78 is 21.8. The van der Waals surface area contributed by atoms with Gasteiger partial charge in [-0.2, -0.15) is 0 Å². The van der Waals surface area contributed by atoms with Gasteiger partial charge < -0.3 is 18.9 Å². The van der Waals surface area contributed by atoms with Crippen LogP contribution in [0.5, 0.6) is 23.0 Å². The number of ketones is 1. The number of aryl methyl sites for hydroxylation is 1. The average Bonchev–Trinajstić information content (AvgIpc) is 3.08. The molecule has 4 rings (SSSR count). The molecule has 6 nitrogen and oxygen atoms in total. The molecule has 0 atom stereocenters. The third kappa shape index (κ3) is 4.14. The first-order valence-electron chi connectivity index (χ1n) is 9.57. The quantitative estimate of drug-likeness (QED) is 0.336. The van der Waals surface area contributed by atoms with E-state index in [-0.39, 0.29) is 17.3 Å². The largest absolute Gasteiger partial charge is 0.497 e. The third-order valence-electron chi connectivity index (χ3n) is 4.86. The summed E-state index contributed by atoms with van der Waals surface area (Å²) in [5.41, 5.74) is 2.52.